The summed E-state index contributed by atoms with van der Waals surface area (Å²) < 4.78 is 0. The summed E-state index contributed by atoms with van der Waals surface area (Å²) in [4.78, 5) is 0. The van der Waals surface area contributed by atoms with E-state index in [0.717, 1.165) is 12.8 Å². The van der Waals surface area contributed by atoms with Crippen LogP contribution in [0, 0.1) is 0 Å². The van der Waals surface area contributed by atoms with Gasteiger partial charge in [-0.2, -0.15) is 0 Å². The molecule has 1 aliphatic carbocycles. The van der Waals surface area contributed by atoms with Crippen LogP contribution in [0.5, 0.6) is 0 Å². The van der Waals surface area contributed by atoms with Crippen LogP contribution in [0.25, 0.3) is 5.57 Å². The molecule has 0 saturated carbocycles. The Kier molecular flexibility index (Phi) is 6.05. The molecule has 1 heteroatoms. The standard InChI is InChI=1S/C20H31N/c1-3-4-5-6-7-8-9-17-10-12-18(13-11-17)19-14-15-20(2,21)16-19/h10-13,16H,3-9,14-15,21H2,1-2H3. The van der Waals surface area contributed by atoms with E-state index in [1.165, 1.54) is 61.6 Å². The molecule has 0 radical (unpaired) electrons. The van der Waals surface area contributed by atoms with Crippen LogP contribution in [0.3, 0.4) is 0 Å². The second kappa shape index (κ2) is 7.79. The molecule has 0 bridgehead atoms. The van der Waals surface area contributed by atoms with Crippen molar-refractivity contribution in [2.45, 2.75) is 77.2 Å². The maximum absolute atomic E-state index is 6.17. The molecule has 2 N–H and O–H groups in total. The highest BCUT2D eigenvalue weighted by molar-refractivity contribution is 5.69. The fourth-order valence-corrected chi connectivity index (χ4v) is 3.17. The van der Waals surface area contributed by atoms with Gasteiger partial charge >= 0.3 is 0 Å². The summed E-state index contributed by atoms with van der Waals surface area (Å²) in [6, 6.07) is 9.15. The number of benzene rings is 1. The van der Waals surface area contributed by atoms with Crippen LogP contribution >= 0.6 is 0 Å². The van der Waals surface area contributed by atoms with Crippen molar-refractivity contribution in [1.82, 2.24) is 0 Å². The zero-order chi connectivity index (χ0) is 15.1. The minimum Gasteiger partial charge on any atom is -0.322 e. The summed E-state index contributed by atoms with van der Waals surface area (Å²) in [5.41, 5.74) is 10.3. The zero-order valence-corrected chi connectivity index (χ0v) is 13.8. The lowest BCUT2D eigenvalue weighted by Gasteiger charge is -2.12. The van der Waals surface area contributed by atoms with E-state index in [-0.39, 0.29) is 5.54 Å². The number of hydrogen-bond donors (Lipinski definition) is 1. The second-order valence-corrected chi connectivity index (χ2v) is 6.89. The molecule has 0 amide bonds. The Morgan fingerprint density at radius 3 is 2.29 bits per heavy atom. The van der Waals surface area contributed by atoms with Gasteiger partial charge in [0, 0.05) is 5.54 Å². The highest BCUT2D eigenvalue weighted by atomic mass is 14.7. The fraction of sp³-hybridized carbons (Fsp3) is 0.600. The van der Waals surface area contributed by atoms with E-state index >= 15 is 0 Å². The molecule has 0 aliphatic heterocycles. The molecule has 21 heavy (non-hydrogen) atoms. The van der Waals surface area contributed by atoms with Gasteiger partial charge in [0.1, 0.15) is 0 Å². The van der Waals surface area contributed by atoms with E-state index in [9.17, 15) is 0 Å². The molecule has 1 aromatic carbocycles. The molecule has 0 saturated heterocycles. The van der Waals surface area contributed by atoms with E-state index in [1.807, 2.05) is 0 Å². The van der Waals surface area contributed by atoms with Crippen molar-refractivity contribution in [2.75, 3.05) is 0 Å². The monoisotopic (exact) mass is 285 g/mol. The first-order valence-corrected chi connectivity index (χ1v) is 8.71. The summed E-state index contributed by atoms with van der Waals surface area (Å²) in [5.74, 6) is 0. The number of nitrogens with two attached hydrogens (primary N) is 1. The maximum atomic E-state index is 6.17. The van der Waals surface area contributed by atoms with E-state index in [2.05, 4.69) is 44.2 Å². The SMILES string of the molecule is CCCCCCCCc1ccc(C2=CC(C)(N)CC2)cc1. The number of unbranched alkanes of at least 4 members (excludes halogenated alkanes) is 5. The van der Waals surface area contributed by atoms with Gasteiger partial charge in [-0.1, -0.05) is 69.4 Å². The molecule has 0 heterocycles. The second-order valence-electron chi connectivity index (χ2n) is 6.89. The Morgan fingerprint density at radius 2 is 1.67 bits per heavy atom. The van der Waals surface area contributed by atoms with Crippen LogP contribution in [0.2, 0.25) is 0 Å². The summed E-state index contributed by atoms with van der Waals surface area (Å²) >= 11 is 0. The summed E-state index contributed by atoms with van der Waals surface area (Å²) in [6.45, 7) is 4.39. The lowest BCUT2D eigenvalue weighted by atomic mass is 10.0. The number of rotatable bonds is 8. The Hall–Kier alpha value is -1.08. The van der Waals surface area contributed by atoms with Crippen LogP contribution < -0.4 is 5.73 Å². The molecular formula is C20H31N. The molecule has 1 nitrogen and oxygen atoms in total. The minimum atomic E-state index is -0.105. The lowest BCUT2D eigenvalue weighted by molar-refractivity contribution is 0.571. The minimum absolute atomic E-state index is 0.105. The van der Waals surface area contributed by atoms with Crippen LogP contribution in [0.1, 0.15) is 76.3 Å². The zero-order valence-electron chi connectivity index (χ0n) is 13.8. The van der Waals surface area contributed by atoms with Gasteiger partial charge in [-0.15, -0.1) is 0 Å². The van der Waals surface area contributed by atoms with Gasteiger partial charge in [0.25, 0.3) is 0 Å². The van der Waals surface area contributed by atoms with Gasteiger partial charge in [-0.25, -0.2) is 0 Å². The van der Waals surface area contributed by atoms with Crippen molar-refractivity contribution in [2.24, 2.45) is 5.73 Å². The van der Waals surface area contributed by atoms with Crippen LogP contribution in [0.4, 0.5) is 0 Å². The smallest absolute Gasteiger partial charge is 0.0319 e. The summed E-state index contributed by atoms with van der Waals surface area (Å²) in [7, 11) is 0. The molecule has 1 atom stereocenters. The van der Waals surface area contributed by atoms with Crippen molar-refractivity contribution < 1.29 is 0 Å². The van der Waals surface area contributed by atoms with Crippen molar-refractivity contribution >= 4 is 5.57 Å². The highest BCUT2D eigenvalue weighted by Gasteiger charge is 2.23. The molecular weight excluding hydrogens is 254 g/mol. The molecule has 1 aromatic rings. The van der Waals surface area contributed by atoms with Gasteiger partial charge in [-0.05, 0) is 49.3 Å². The third-order valence-electron chi connectivity index (χ3n) is 4.58. The van der Waals surface area contributed by atoms with E-state index in [1.54, 1.807) is 0 Å². The van der Waals surface area contributed by atoms with Crippen molar-refractivity contribution in [3.63, 3.8) is 0 Å². The van der Waals surface area contributed by atoms with Gasteiger partial charge < -0.3 is 5.73 Å². The molecule has 116 valence electrons. The largest absolute Gasteiger partial charge is 0.322 e. The predicted molar refractivity (Wildman–Crippen MR) is 93.3 cm³/mol. The van der Waals surface area contributed by atoms with Gasteiger partial charge in [0.2, 0.25) is 0 Å². The average molecular weight is 285 g/mol. The molecule has 0 fully saturated rings. The van der Waals surface area contributed by atoms with Crippen LogP contribution in [-0.4, -0.2) is 5.54 Å². The van der Waals surface area contributed by atoms with Gasteiger partial charge in [0.05, 0.1) is 0 Å². The normalized spacial score (nSPS) is 21.6. The Labute approximate surface area is 130 Å². The van der Waals surface area contributed by atoms with E-state index in [0.29, 0.717) is 0 Å². The first-order chi connectivity index (χ1) is 10.1. The average Bonchev–Trinajstić information content (AvgIpc) is 2.84. The summed E-state index contributed by atoms with van der Waals surface area (Å²) in [5, 5.41) is 0. The van der Waals surface area contributed by atoms with Gasteiger partial charge in [-0.3, -0.25) is 0 Å². The Morgan fingerprint density at radius 1 is 1.00 bits per heavy atom. The molecule has 1 aliphatic rings. The fourth-order valence-electron chi connectivity index (χ4n) is 3.17. The van der Waals surface area contributed by atoms with Crippen molar-refractivity contribution in [1.29, 1.82) is 0 Å². The quantitative estimate of drug-likeness (QED) is 0.628. The van der Waals surface area contributed by atoms with Crippen LogP contribution in [-0.2, 0) is 6.42 Å². The number of allylic oxidation sites excluding steroid dienone is 1. The van der Waals surface area contributed by atoms with Gasteiger partial charge in [0.15, 0.2) is 0 Å². The number of aryl methyl sites for hydroxylation is 1. The molecule has 2 rings (SSSR count). The van der Waals surface area contributed by atoms with E-state index < -0.39 is 0 Å². The van der Waals surface area contributed by atoms with E-state index in [4.69, 9.17) is 5.73 Å². The molecule has 0 aromatic heterocycles. The Balaban J connectivity index is 1.77. The maximum Gasteiger partial charge on any atom is 0.0319 e. The first kappa shape index (κ1) is 16.3. The predicted octanol–water partition coefficient (Wildman–Crippen LogP) is 5.48. The third kappa shape index (κ3) is 5.32. The first-order valence-electron chi connectivity index (χ1n) is 8.71. The lowest BCUT2D eigenvalue weighted by Crippen LogP contribution is -2.30. The third-order valence-corrected chi connectivity index (χ3v) is 4.58. The Bertz CT molecular complexity index is 453. The molecule has 1 unspecified atom stereocenters. The summed E-state index contributed by atoms with van der Waals surface area (Å²) in [6.07, 6.45) is 13.9. The highest BCUT2D eigenvalue weighted by Crippen LogP contribution is 2.32. The molecule has 0 spiro atoms. The van der Waals surface area contributed by atoms with Crippen molar-refractivity contribution in [3.05, 3.63) is 41.5 Å². The van der Waals surface area contributed by atoms with Crippen molar-refractivity contribution in [3.8, 4) is 0 Å². The van der Waals surface area contributed by atoms with Crippen LogP contribution in [0.15, 0.2) is 30.3 Å². The topological polar surface area (TPSA) is 26.0 Å². The number of hydrogen-bond acceptors (Lipinski definition) is 1.